The maximum atomic E-state index is 12.0. The van der Waals surface area contributed by atoms with E-state index >= 15 is 0 Å². The van der Waals surface area contributed by atoms with E-state index in [1.165, 1.54) is 6.92 Å². The third-order valence-electron chi connectivity index (χ3n) is 2.96. The fourth-order valence-corrected chi connectivity index (χ4v) is 2.19. The zero-order valence-corrected chi connectivity index (χ0v) is 14.5. The Hall–Kier alpha value is -2.61. The van der Waals surface area contributed by atoms with Crippen LogP contribution >= 0.6 is 15.9 Å². The van der Waals surface area contributed by atoms with Gasteiger partial charge in [0.2, 0.25) is 5.91 Å². The van der Waals surface area contributed by atoms with E-state index in [9.17, 15) is 14.4 Å². The average Bonchev–Trinajstić information content (AvgIpc) is 2.98. The van der Waals surface area contributed by atoms with Crippen LogP contribution in [0, 0.1) is 0 Å². The van der Waals surface area contributed by atoms with Crippen molar-refractivity contribution in [3.63, 3.8) is 0 Å². The minimum Gasteiger partial charge on any atom is -0.444 e. The molecule has 7 nitrogen and oxygen atoms in total. The molecule has 8 heteroatoms. The molecule has 2 rings (SSSR count). The molecule has 0 spiro atoms. The molecule has 0 radical (unpaired) electrons. The van der Waals surface area contributed by atoms with E-state index in [2.05, 4.69) is 31.9 Å². The summed E-state index contributed by atoms with van der Waals surface area (Å²) in [6.07, 6.45) is 0. The summed E-state index contributed by atoms with van der Waals surface area (Å²) in [5.41, 5.74) is 1.08. The first kappa shape index (κ1) is 17.7. The Morgan fingerprint density at radius 1 is 0.958 bits per heavy atom. The topological polar surface area (TPSA) is 100 Å². The van der Waals surface area contributed by atoms with Gasteiger partial charge in [0.1, 0.15) is 0 Å². The van der Waals surface area contributed by atoms with Crippen molar-refractivity contribution in [1.82, 2.24) is 10.6 Å². The largest absolute Gasteiger partial charge is 0.444 e. The second-order valence-corrected chi connectivity index (χ2v) is 5.66. The second-order valence-electron chi connectivity index (χ2n) is 4.87. The minimum absolute atomic E-state index is 0.175. The van der Waals surface area contributed by atoms with Crippen molar-refractivity contribution in [2.24, 2.45) is 0 Å². The molecule has 0 fully saturated rings. The molecule has 0 aliphatic carbocycles. The maximum absolute atomic E-state index is 12.0. The van der Waals surface area contributed by atoms with Gasteiger partial charge in [0.15, 0.2) is 10.4 Å². The van der Waals surface area contributed by atoms with Crippen LogP contribution in [0.4, 0.5) is 5.69 Å². The summed E-state index contributed by atoms with van der Waals surface area (Å²) in [6, 6.07) is 9.69. The maximum Gasteiger partial charge on any atom is 0.287 e. The number of benzene rings is 1. The van der Waals surface area contributed by atoms with E-state index in [-0.39, 0.29) is 36.6 Å². The van der Waals surface area contributed by atoms with Gasteiger partial charge in [0.05, 0.1) is 0 Å². The first-order chi connectivity index (χ1) is 11.5. The number of carbonyl (C=O) groups is 3. The lowest BCUT2D eigenvalue weighted by molar-refractivity contribution is -0.114. The van der Waals surface area contributed by atoms with Gasteiger partial charge in [-0.2, -0.15) is 0 Å². The summed E-state index contributed by atoms with van der Waals surface area (Å²) in [5, 5.41) is 7.95. The molecular formula is C16H16BrN3O4. The van der Waals surface area contributed by atoms with Crippen molar-refractivity contribution in [2.45, 2.75) is 6.92 Å². The highest BCUT2D eigenvalue weighted by molar-refractivity contribution is 9.10. The van der Waals surface area contributed by atoms with Crippen LogP contribution in [0.5, 0.6) is 0 Å². The summed E-state index contributed by atoms with van der Waals surface area (Å²) in [7, 11) is 0. The summed E-state index contributed by atoms with van der Waals surface area (Å²) in [4.78, 5) is 34.6. The predicted molar refractivity (Wildman–Crippen MR) is 91.8 cm³/mol. The summed E-state index contributed by atoms with van der Waals surface area (Å²) in [5.74, 6) is -0.595. The summed E-state index contributed by atoms with van der Waals surface area (Å²) >= 11 is 3.12. The third kappa shape index (κ3) is 5.24. The second kappa shape index (κ2) is 8.30. The summed E-state index contributed by atoms with van der Waals surface area (Å²) in [6.45, 7) is 1.96. The molecule has 126 valence electrons. The van der Waals surface area contributed by atoms with Gasteiger partial charge in [-0.3, -0.25) is 14.4 Å². The van der Waals surface area contributed by atoms with Crippen LogP contribution < -0.4 is 16.0 Å². The van der Waals surface area contributed by atoms with Crippen molar-refractivity contribution < 1.29 is 18.8 Å². The molecule has 0 saturated carbocycles. The number of nitrogens with one attached hydrogen (secondary N) is 3. The molecule has 0 saturated heterocycles. The number of carbonyl (C=O) groups excluding carboxylic acids is 3. The fourth-order valence-electron chi connectivity index (χ4n) is 1.89. The number of anilines is 1. The Bertz CT molecular complexity index is 740. The molecule has 1 heterocycles. The van der Waals surface area contributed by atoms with Gasteiger partial charge in [-0.05, 0) is 52.3 Å². The zero-order valence-electron chi connectivity index (χ0n) is 12.9. The van der Waals surface area contributed by atoms with Crippen molar-refractivity contribution in [3.8, 4) is 0 Å². The van der Waals surface area contributed by atoms with Crippen LogP contribution in [0.2, 0.25) is 0 Å². The zero-order chi connectivity index (χ0) is 17.5. The number of hydrogen-bond acceptors (Lipinski definition) is 4. The monoisotopic (exact) mass is 393 g/mol. The van der Waals surface area contributed by atoms with Crippen molar-refractivity contribution >= 4 is 39.3 Å². The van der Waals surface area contributed by atoms with Crippen molar-refractivity contribution in [2.75, 3.05) is 18.4 Å². The Balaban J connectivity index is 1.74. The van der Waals surface area contributed by atoms with Crippen molar-refractivity contribution in [1.29, 1.82) is 0 Å². The number of furan rings is 1. The molecule has 0 aliphatic rings. The van der Waals surface area contributed by atoms with Crippen LogP contribution in [0.15, 0.2) is 45.5 Å². The predicted octanol–water partition coefficient (Wildman–Crippen LogP) is 2.16. The molecule has 1 aromatic carbocycles. The Kier molecular flexibility index (Phi) is 6.14. The molecule has 0 aliphatic heterocycles. The molecule has 24 heavy (non-hydrogen) atoms. The van der Waals surface area contributed by atoms with E-state index in [1.54, 1.807) is 36.4 Å². The first-order valence-corrected chi connectivity index (χ1v) is 7.94. The Morgan fingerprint density at radius 3 is 2.12 bits per heavy atom. The number of rotatable bonds is 6. The number of halogens is 1. The first-order valence-electron chi connectivity index (χ1n) is 7.15. The van der Waals surface area contributed by atoms with Crippen molar-refractivity contribution in [3.05, 3.63) is 52.4 Å². The molecule has 3 amide bonds. The molecule has 0 atom stereocenters. The van der Waals surface area contributed by atoms with Gasteiger partial charge in [-0.15, -0.1) is 0 Å². The highest BCUT2D eigenvalue weighted by Gasteiger charge is 2.10. The lowest BCUT2D eigenvalue weighted by atomic mass is 10.2. The van der Waals surface area contributed by atoms with Gasteiger partial charge >= 0.3 is 0 Å². The molecule has 3 N–H and O–H groups in total. The van der Waals surface area contributed by atoms with E-state index in [0.717, 1.165) is 0 Å². The van der Waals surface area contributed by atoms with Gasteiger partial charge in [0.25, 0.3) is 11.8 Å². The standard InChI is InChI=1S/C16H16BrN3O4/c1-10(21)20-12-4-2-11(3-5-12)15(22)18-8-9-19-16(23)13-6-7-14(17)24-13/h2-7H,8-9H2,1H3,(H,18,22)(H,19,23)(H,20,21). The van der Waals surface area contributed by atoms with Crippen LogP contribution in [-0.4, -0.2) is 30.8 Å². The van der Waals surface area contributed by atoms with Crippen LogP contribution in [0.3, 0.4) is 0 Å². The van der Waals surface area contributed by atoms with Gasteiger partial charge < -0.3 is 20.4 Å². The quantitative estimate of drug-likeness (QED) is 0.654. The lowest BCUT2D eigenvalue weighted by Gasteiger charge is -2.07. The average molecular weight is 394 g/mol. The Morgan fingerprint density at radius 2 is 1.58 bits per heavy atom. The minimum atomic E-state index is -0.352. The van der Waals surface area contributed by atoms with E-state index in [0.29, 0.717) is 15.9 Å². The molecular weight excluding hydrogens is 378 g/mol. The van der Waals surface area contributed by atoms with E-state index in [1.807, 2.05) is 0 Å². The van der Waals surface area contributed by atoms with Gasteiger partial charge in [-0.1, -0.05) is 0 Å². The highest BCUT2D eigenvalue weighted by atomic mass is 79.9. The smallest absolute Gasteiger partial charge is 0.287 e. The summed E-state index contributed by atoms with van der Waals surface area (Å²) < 4.78 is 5.59. The molecule has 1 aromatic heterocycles. The fraction of sp³-hybridized carbons (Fsp3) is 0.188. The van der Waals surface area contributed by atoms with E-state index < -0.39 is 0 Å². The SMILES string of the molecule is CC(=O)Nc1ccc(C(=O)NCCNC(=O)c2ccc(Br)o2)cc1. The lowest BCUT2D eigenvalue weighted by Crippen LogP contribution is -2.34. The number of hydrogen-bond donors (Lipinski definition) is 3. The molecule has 0 unspecified atom stereocenters. The molecule has 2 aromatic rings. The van der Waals surface area contributed by atoms with Gasteiger partial charge in [0, 0.05) is 31.3 Å². The number of amides is 3. The third-order valence-corrected chi connectivity index (χ3v) is 3.39. The molecule has 0 bridgehead atoms. The van der Waals surface area contributed by atoms with E-state index in [4.69, 9.17) is 4.42 Å². The van der Waals surface area contributed by atoms with Gasteiger partial charge in [-0.25, -0.2) is 0 Å². The normalized spacial score (nSPS) is 10.1. The van der Waals surface area contributed by atoms with Crippen LogP contribution in [-0.2, 0) is 4.79 Å². The highest BCUT2D eigenvalue weighted by Crippen LogP contribution is 2.13. The van der Waals surface area contributed by atoms with Crippen LogP contribution in [0.1, 0.15) is 27.8 Å². The van der Waals surface area contributed by atoms with Crippen LogP contribution in [0.25, 0.3) is 0 Å². The Labute approximate surface area is 146 Å².